The molecule has 25 heavy (non-hydrogen) atoms. The third-order valence-electron chi connectivity index (χ3n) is 3.02. The molecule has 3 amide bonds. The first-order chi connectivity index (χ1) is 11.9. The van der Waals surface area contributed by atoms with Gasteiger partial charge in [-0.25, -0.2) is 13.6 Å². The lowest BCUT2D eigenvalue weighted by Crippen LogP contribution is -2.30. The van der Waals surface area contributed by atoms with E-state index >= 15 is 0 Å². The van der Waals surface area contributed by atoms with Crippen molar-refractivity contribution in [3.05, 3.63) is 58.6 Å². The molecular formula is C16H15ClF2N4O2. The highest BCUT2D eigenvalue weighted by Crippen LogP contribution is 2.22. The van der Waals surface area contributed by atoms with Crippen molar-refractivity contribution in [3.8, 4) is 0 Å². The predicted molar refractivity (Wildman–Crippen MR) is 91.8 cm³/mol. The zero-order valence-corrected chi connectivity index (χ0v) is 13.7. The molecule has 2 aromatic carbocycles. The highest BCUT2D eigenvalue weighted by molar-refractivity contribution is 6.31. The molecule has 9 heteroatoms. The maximum absolute atomic E-state index is 13.2. The molecule has 0 saturated heterocycles. The van der Waals surface area contributed by atoms with Crippen molar-refractivity contribution >= 4 is 34.9 Å². The van der Waals surface area contributed by atoms with E-state index < -0.39 is 23.6 Å². The van der Waals surface area contributed by atoms with Gasteiger partial charge in [0.25, 0.3) is 5.91 Å². The lowest BCUT2D eigenvalue weighted by Gasteiger charge is -2.13. The van der Waals surface area contributed by atoms with Gasteiger partial charge >= 0.3 is 6.03 Å². The third-order valence-corrected chi connectivity index (χ3v) is 3.26. The van der Waals surface area contributed by atoms with Crippen molar-refractivity contribution in [3.63, 3.8) is 0 Å². The van der Waals surface area contributed by atoms with E-state index in [-0.39, 0.29) is 30.0 Å². The zero-order valence-electron chi connectivity index (χ0n) is 12.9. The van der Waals surface area contributed by atoms with E-state index in [1.807, 2.05) is 0 Å². The number of urea groups is 1. The summed E-state index contributed by atoms with van der Waals surface area (Å²) < 4.78 is 26.3. The summed E-state index contributed by atoms with van der Waals surface area (Å²) in [7, 11) is 0. The van der Waals surface area contributed by atoms with Crippen molar-refractivity contribution in [2.45, 2.75) is 0 Å². The fourth-order valence-corrected chi connectivity index (χ4v) is 2.18. The number of anilines is 2. The van der Waals surface area contributed by atoms with Crippen LogP contribution in [0.5, 0.6) is 0 Å². The average molecular weight is 369 g/mol. The quantitative estimate of drug-likeness (QED) is 0.653. The average Bonchev–Trinajstić information content (AvgIpc) is 2.51. The Labute approximate surface area is 147 Å². The second kappa shape index (κ2) is 8.41. The molecule has 0 spiro atoms. The lowest BCUT2D eigenvalue weighted by molar-refractivity contribution is 0.0955. The molecule has 0 saturated carbocycles. The molecule has 0 aliphatic carbocycles. The number of nitrogens with one attached hydrogen (secondary N) is 3. The maximum atomic E-state index is 13.2. The molecule has 0 heterocycles. The number of halogens is 3. The number of amides is 3. The largest absolute Gasteiger partial charge is 0.351 e. The van der Waals surface area contributed by atoms with Gasteiger partial charge < -0.3 is 21.7 Å². The Morgan fingerprint density at radius 3 is 2.36 bits per heavy atom. The molecule has 132 valence electrons. The monoisotopic (exact) mass is 368 g/mol. The van der Waals surface area contributed by atoms with Crippen molar-refractivity contribution < 1.29 is 18.4 Å². The molecule has 0 bridgehead atoms. The van der Waals surface area contributed by atoms with Crippen LogP contribution in [0.25, 0.3) is 0 Å². The van der Waals surface area contributed by atoms with E-state index in [0.29, 0.717) is 11.1 Å². The number of carbonyl (C=O) groups excluding carboxylic acids is 2. The Kier molecular flexibility index (Phi) is 6.26. The summed E-state index contributed by atoms with van der Waals surface area (Å²) in [6, 6.07) is 6.10. The molecule has 6 nitrogen and oxygen atoms in total. The Balaban J connectivity index is 2.16. The Hall–Kier alpha value is -2.71. The van der Waals surface area contributed by atoms with Crippen LogP contribution in [0.15, 0.2) is 36.4 Å². The molecule has 5 N–H and O–H groups in total. The topological polar surface area (TPSA) is 96.2 Å². The molecule has 0 unspecified atom stereocenters. The van der Waals surface area contributed by atoms with Crippen molar-refractivity contribution in [1.29, 1.82) is 0 Å². The summed E-state index contributed by atoms with van der Waals surface area (Å²) in [6.45, 7) is 0.517. The van der Waals surface area contributed by atoms with Gasteiger partial charge in [0.15, 0.2) is 0 Å². The third kappa shape index (κ3) is 5.40. The molecule has 0 fully saturated rings. The standard InChI is InChI=1S/C16H15ClF2N4O2/c17-9-1-2-13(15(24)21-4-3-20)14(5-9)23-16(25)22-12-7-10(18)6-11(19)8-12/h1-2,5-8H,3-4,20H2,(H,21,24)(H2,22,23,25). The molecule has 2 rings (SSSR count). The smallest absolute Gasteiger partial charge is 0.323 e. The van der Waals surface area contributed by atoms with Crippen molar-refractivity contribution in [1.82, 2.24) is 5.32 Å². The normalized spacial score (nSPS) is 10.2. The van der Waals surface area contributed by atoms with Crippen LogP contribution in [0, 0.1) is 11.6 Å². The van der Waals surface area contributed by atoms with Gasteiger partial charge in [0.1, 0.15) is 11.6 Å². The van der Waals surface area contributed by atoms with E-state index in [1.54, 1.807) is 0 Å². The van der Waals surface area contributed by atoms with Crippen LogP contribution >= 0.6 is 11.6 Å². The van der Waals surface area contributed by atoms with E-state index in [2.05, 4.69) is 16.0 Å². The Morgan fingerprint density at radius 2 is 1.72 bits per heavy atom. The number of carbonyl (C=O) groups is 2. The minimum absolute atomic E-state index is 0.0776. The van der Waals surface area contributed by atoms with Crippen LogP contribution in [0.3, 0.4) is 0 Å². The molecule has 0 radical (unpaired) electrons. The van der Waals surface area contributed by atoms with Crippen molar-refractivity contribution in [2.24, 2.45) is 5.73 Å². The predicted octanol–water partition coefficient (Wildman–Crippen LogP) is 2.95. The first-order valence-electron chi connectivity index (χ1n) is 7.21. The van der Waals surface area contributed by atoms with Gasteiger partial charge in [-0.1, -0.05) is 11.6 Å². The van der Waals surface area contributed by atoms with Gasteiger partial charge in [-0.05, 0) is 30.3 Å². The molecule has 0 aliphatic heterocycles. The molecule has 0 aliphatic rings. The fourth-order valence-electron chi connectivity index (χ4n) is 2.01. The molecule has 0 aromatic heterocycles. The van der Waals surface area contributed by atoms with Crippen LogP contribution < -0.4 is 21.7 Å². The number of nitrogens with two attached hydrogens (primary N) is 1. The fraction of sp³-hybridized carbons (Fsp3) is 0.125. The summed E-state index contributed by atoms with van der Waals surface area (Å²) in [5.41, 5.74) is 5.55. The Morgan fingerprint density at radius 1 is 1.04 bits per heavy atom. The summed E-state index contributed by atoms with van der Waals surface area (Å²) in [5.74, 6) is -2.12. The summed E-state index contributed by atoms with van der Waals surface area (Å²) in [5, 5.41) is 7.56. The van der Waals surface area contributed by atoms with Gasteiger partial charge in [-0.15, -0.1) is 0 Å². The molecule has 2 aromatic rings. The van der Waals surface area contributed by atoms with Gasteiger partial charge in [-0.3, -0.25) is 4.79 Å². The van der Waals surface area contributed by atoms with E-state index in [1.165, 1.54) is 18.2 Å². The highest BCUT2D eigenvalue weighted by atomic mass is 35.5. The van der Waals surface area contributed by atoms with Crippen LogP contribution in [0.1, 0.15) is 10.4 Å². The minimum Gasteiger partial charge on any atom is -0.351 e. The second-order valence-corrected chi connectivity index (χ2v) is 5.41. The summed E-state index contributed by atoms with van der Waals surface area (Å²) >= 11 is 5.89. The first-order valence-corrected chi connectivity index (χ1v) is 7.59. The van der Waals surface area contributed by atoms with Crippen LogP contribution in [-0.2, 0) is 0 Å². The van der Waals surface area contributed by atoms with Gasteiger partial charge in [0.2, 0.25) is 0 Å². The number of hydrogen-bond acceptors (Lipinski definition) is 3. The zero-order chi connectivity index (χ0) is 18.4. The maximum Gasteiger partial charge on any atom is 0.323 e. The number of hydrogen-bond donors (Lipinski definition) is 4. The summed E-state index contributed by atoms with van der Waals surface area (Å²) in [4.78, 5) is 24.1. The number of benzene rings is 2. The van der Waals surface area contributed by atoms with E-state index in [0.717, 1.165) is 12.1 Å². The van der Waals surface area contributed by atoms with Crippen LogP contribution in [0.2, 0.25) is 5.02 Å². The SMILES string of the molecule is NCCNC(=O)c1ccc(Cl)cc1NC(=O)Nc1cc(F)cc(F)c1. The van der Waals surface area contributed by atoms with Gasteiger partial charge in [0, 0.05) is 29.9 Å². The van der Waals surface area contributed by atoms with Crippen LogP contribution in [-0.4, -0.2) is 25.0 Å². The van der Waals surface area contributed by atoms with Crippen molar-refractivity contribution in [2.75, 3.05) is 23.7 Å². The molecule has 0 atom stereocenters. The van der Waals surface area contributed by atoms with Gasteiger partial charge in [-0.2, -0.15) is 0 Å². The molecular weight excluding hydrogens is 354 g/mol. The first kappa shape index (κ1) is 18.6. The number of rotatable bonds is 5. The summed E-state index contributed by atoms with van der Waals surface area (Å²) in [6.07, 6.45) is 0. The van der Waals surface area contributed by atoms with Gasteiger partial charge in [0.05, 0.1) is 11.3 Å². The second-order valence-electron chi connectivity index (χ2n) is 4.97. The lowest BCUT2D eigenvalue weighted by atomic mass is 10.1. The van der Waals surface area contributed by atoms with E-state index in [9.17, 15) is 18.4 Å². The van der Waals surface area contributed by atoms with E-state index in [4.69, 9.17) is 17.3 Å². The Bertz CT molecular complexity index is 781. The minimum atomic E-state index is -0.833. The highest BCUT2D eigenvalue weighted by Gasteiger charge is 2.14. The van der Waals surface area contributed by atoms with Crippen LogP contribution in [0.4, 0.5) is 25.0 Å².